The fourth-order valence-electron chi connectivity index (χ4n) is 4.64. The van der Waals surface area contributed by atoms with E-state index in [-0.39, 0.29) is 23.2 Å². The standard InChI is InChI=1S/C31H46O7S/c1-22(2)19-20-31(4,5)29(33)18-17-25-26(11-9-7-8-10-12-30(34)37-6)28(21-27(25)32)38-39(35,36)24-15-13-23(3)14-16-24/h7,9,13-19,25-29,32-33H,8,10-12,20-21H2,1-6H3/b9-7-,18-17+/t25-,26-,27-,28-,29+/m1/s1. The maximum absolute atomic E-state index is 13.1. The average Bonchev–Trinajstić information content (AvgIpc) is 3.16. The molecule has 2 rings (SSSR count). The predicted molar refractivity (Wildman–Crippen MR) is 153 cm³/mol. The Balaban J connectivity index is 2.22. The van der Waals surface area contributed by atoms with Crippen molar-refractivity contribution in [2.75, 3.05) is 7.11 Å². The summed E-state index contributed by atoms with van der Waals surface area (Å²) in [5.74, 6) is -0.966. The van der Waals surface area contributed by atoms with Crippen LogP contribution in [0.4, 0.5) is 0 Å². The number of unbranched alkanes of at least 4 members (excludes halogenated alkanes) is 1. The van der Waals surface area contributed by atoms with Gasteiger partial charge in [-0.3, -0.25) is 8.98 Å². The van der Waals surface area contributed by atoms with Gasteiger partial charge in [-0.05, 0) is 69.9 Å². The van der Waals surface area contributed by atoms with Crippen LogP contribution < -0.4 is 0 Å². The van der Waals surface area contributed by atoms with E-state index in [1.807, 2.05) is 52.8 Å². The van der Waals surface area contributed by atoms with Crippen molar-refractivity contribution in [3.8, 4) is 0 Å². The van der Waals surface area contributed by atoms with E-state index in [9.17, 15) is 23.4 Å². The molecule has 0 spiro atoms. The number of esters is 1. The van der Waals surface area contributed by atoms with Crippen LogP contribution in [0.1, 0.15) is 71.8 Å². The number of hydrogen-bond donors (Lipinski definition) is 2. The van der Waals surface area contributed by atoms with Crippen LogP contribution in [0.2, 0.25) is 0 Å². The molecule has 8 heteroatoms. The van der Waals surface area contributed by atoms with Crippen molar-refractivity contribution in [2.24, 2.45) is 17.3 Å². The van der Waals surface area contributed by atoms with Crippen molar-refractivity contribution < 1.29 is 32.3 Å². The summed E-state index contributed by atoms with van der Waals surface area (Å²) in [6.45, 7) is 9.89. The van der Waals surface area contributed by atoms with Gasteiger partial charge >= 0.3 is 5.97 Å². The second-order valence-electron chi connectivity index (χ2n) is 11.4. The number of carbonyl (C=O) groups excluding carboxylic acids is 1. The summed E-state index contributed by atoms with van der Waals surface area (Å²) in [5, 5.41) is 21.9. The van der Waals surface area contributed by atoms with Crippen LogP contribution in [0.15, 0.2) is 65.1 Å². The summed E-state index contributed by atoms with van der Waals surface area (Å²) in [6, 6.07) is 6.49. The quantitative estimate of drug-likeness (QED) is 0.130. The fourth-order valence-corrected chi connectivity index (χ4v) is 5.76. The van der Waals surface area contributed by atoms with Crippen LogP contribution >= 0.6 is 0 Å². The number of allylic oxidation sites excluding steroid dienone is 4. The van der Waals surface area contributed by atoms with Gasteiger partial charge in [0, 0.05) is 18.8 Å². The van der Waals surface area contributed by atoms with E-state index in [4.69, 9.17) is 4.18 Å². The molecule has 1 aliphatic rings. The first-order valence-electron chi connectivity index (χ1n) is 13.7. The molecular weight excluding hydrogens is 516 g/mol. The normalized spacial score (nSPS) is 22.9. The Kier molecular flexibility index (Phi) is 12.6. The molecule has 0 saturated heterocycles. The van der Waals surface area contributed by atoms with Crippen LogP contribution in [0.3, 0.4) is 0 Å². The lowest BCUT2D eigenvalue weighted by Gasteiger charge is -2.28. The summed E-state index contributed by atoms with van der Waals surface area (Å²) < 4.78 is 36.5. The predicted octanol–water partition coefficient (Wildman–Crippen LogP) is 5.66. The smallest absolute Gasteiger partial charge is 0.305 e. The minimum absolute atomic E-state index is 0.0788. The zero-order valence-corrected chi connectivity index (χ0v) is 25.0. The molecule has 1 aliphatic carbocycles. The van der Waals surface area contributed by atoms with Crippen molar-refractivity contribution in [3.05, 3.63) is 65.8 Å². The lowest BCUT2D eigenvalue weighted by molar-refractivity contribution is -0.140. The summed E-state index contributed by atoms with van der Waals surface area (Å²) in [6.07, 6.45) is 10.2. The molecule has 0 radical (unpaired) electrons. The first-order chi connectivity index (χ1) is 18.3. The van der Waals surface area contributed by atoms with Gasteiger partial charge in [-0.2, -0.15) is 8.42 Å². The Hall–Kier alpha value is -2.26. The van der Waals surface area contributed by atoms with Gasteiger partial charge in [0.25, 0.3) is 10.1 Å². The minimum Gasteiger partial charge on any atom is -0.469 e. The van der Waals surface area contributed by atoms with E-state index in [1.165, 1.54) is 24.8 Å². The van der Waals surface area contributed by atoms with Gasteiger partial charge in [-0.1, -0.05) is 67.5 Å². The third-order valence-electron chi connectivity index (χ3n) is 7.36. The molecule has 5 atom stereocenters. The van der Waals surface area contributed by atoms with Gasteiger partial charge < -0.3 is 14.9 Å². The molecule has 0 unspecified atom stereocenters. The SMILES string of the molecule is COC(=O)CCC/C=C\C[C@@H]1[C@@H](/C=C/[C@H](O)C(C)(C)CC=C(C)C)[C@H](O)C[C@H]1OS(=O)(=O)c1ccc(C)cc1. The largest absolute Gasteiger partial charge is 0.469 e. The topological polar surface area (TPSA) is 110 Å². The van der Waals surface area contributed by atoms with Crippen molar-refractivity contribution in [3.63, 3.8) is 0 Å². The summed E-state index contributed by atoms with van der Waals surface area (Å²) in [5.41, 5.74) is 1.72. The average molecular weight is 563 g/mol. The Morgan fingerprint density at radius 1 is 1.18 bits per heavy atom. The maximum atomic E-state index is 13.1. The monoisotopic (exact) mass is 562 g/mol. The highest BCUT2D eigenvalue weighted by Gasteiger charge is 2.43. The van der Waals surface area contributed by atoms with E-state index < -0.39 is 39.8 Å². The second-order valence-corrected chi connectivity index (χ2v) is 13.0. The number of aryl methyl sites for hydroxylation is 1. The number of aliphatic hydroxyl groups is 2. The van der Waals surface area contributed by atoms with Crippen molar-refractivity contribution in [1.29, 1.82) is 0 Å². The number of carbonyl (C=O) groups is 1. The molecule has 1 saturated carbocycles. The molecule has 2 N–H and O–H groups in total. The molecule has 0 aromatic heterocycles. The van der Waals surface area contributed by atoms with E-state index >= 15 is 0 Å². The molecule has 1 aromatic carbocycles. The molecule has 218 valence electrons. The first kappa shape index (κ1) is 32.9. The fraction of sp³-hybridized carbons (Fsp3) is 0.581. The molecule has 0 aliphatic heterocycles. The zero-order valence-electron chi connectivity index (χ0n) is 24.2. The van der Waals surface area contributed by atoms with E-state index in [2.05, 4.69) is 10.8 Å². The number of benzene rings is 1. The Labute approximate surface area is 234 Å². The number of ether oxygens (including phenoxy) is 1. The summed E-state index contributed by atoms with van der Waals surface area (Å²) in [4.78, 5) is 11.4. The maximum Gasteiger partial charge on any atom is 0.305 e. The minimum atomic E-state index is -4.03. The Bertz CT molecular complexity index is 1110. The molecule has 0 amide bonds. The number of aliphatic hydroxyl groups excluding tert-OH is 2. The highest BCUT2D eigenvalue weighted by Crippen LogP contribution is 2.40. The zero-order chi connectivity index (χ0) is 29.2. The van der Waals surface area contributed by atoms with Crippen molar-refractivity contribution in [1.82, 2.24) is 0 Å². The number of methoxy groups -OCH3 is 1. The summed E-state index contributed by atoms with van der Waals surface area (Å²) in [7, 11) is -2.67. The van der Waals surface area contributed by atoms with Gasteiger partial charge in [0.15, 0.2) is 0 Å². The highest BCUT2D eigenvalue weighted by atomic mass is 32.2. The van der Waals surface area contributed by atoms with Crippen LogP contribution in [-0.2, 0) is 23.8 Å². The molecule has 0 bridgehead atoms. The van der Waals surface area contributed by atoms with Gasteiger partial charge in [0.2, 0.25) is 0 Å². The number of hydrogen-bond acceptors (Lipinski definition) is 7. The van der Waals surface area contributed by atoms with E-state index in [1.54, 1.807) is 18.2 Å². The van der Waals surface area contributed by atoms with Crippen LogP contribution in [0.25, 0.3) is 0 Å². The first-order valence-corrected chi connectivity index (χ1v) is 15.1. The highest BCUT2D eigenvalue weighted by molar-refractivity contribution is 7.86. The second kappa shape index (κ2) is 14.9. The molecular formula is C31H46O7S. The van der Waals surface area contributed by atoms with E-state index in [0.29, 0.717) is 32.1 Å². The Morgan fingerprint density at radius 2 is 1.85 bits per heavy atom. The Morgan fingerprint density at radius 3 is 2.46 bits per heavy atom. The number of rotatable bonds is 14. The van der Waals surface area contributed by atoms with Gasteiger partial charge in [-0.25, -0.2) is 0 Å². The van der Waals surface area contributed by atoms with Gasteiger partial charge in [0.1, 0.15) is 0 Å². The molecule has 1 aromatic rings. The molecule has 7 nitrogen and oxygen atoms in total. The van der Waals surface area contributed by atoms with Crippen LogP contribution in [-0.4, -0.2) is 50.0 Å². The van der Waals surface area contributed by atoms with Crippen LogP contribution in [0, 0.1) is 24.2 Å². The molecule has 0 heterocycles. The third kappa shape index (κ3) is 10.3. The van der Waals surface area contributed by atoms with Gasteiger partial charge in [-0.15, -0.1) is 0 Å². The molecule has 1 fully saturated rings. The third-order valence-corrected chi connectivity index (χ3v) is 8.71. The van der Waals surface area contributed by atoms with Crippen LogP contribution in [0.5, 0.6) is 0 Å². The lowest BCUT2D eigenvalue weighted by Crippen LogP contribution is -2.28. The van der Waals surface area contributed by atoms with Crippen molar-refractivity contribution in [2.45, 2.75) is 96.4 Å². The lowest BCUT2D eigenvalue weighted by atomic mass is 9.81. The van der Waals surface area contributed by atoms with Gasteiger partial charge in [0.05, 0.1) is 30.3 Å². The molecule has 39 heavy (non-hydrogen) atoms. The van der Waals surface area contributed by atoms with E-state index in [0.717, 1.165) is 5.56 Å². The summed E-state index contributed by atoms with van der Waals surface area (Å²) >= 11 is 0. The van der Waals surface area contributed by atoms with Crippen molar-refractivity contribution >= 4 is 16.1 Å².